The summed E-state index contributed by atoms with van der Waals surface area (Å²) in [4.78, 5) is 6.00. The van der Waals surface area contributed by atoms with E-state index < -0.39 is 11.9 Å². The standard InChI is InChI=1S/C8H5F3N2/c9-8(10,11)7-5-1-3-12-6(5)2-4-13-7/h1-4,12H. The van der Waals surface area contributed by atoms with Crippen LogP contribution in [-0.2, 0) is 6.18 Å². The van der Waals surface area contributed by atoms with Crippen molar-refractivity contribution in [2.45, 2.75) is 6.18 Å². The van der Waals surface area contributed by atoms with E-state index in [9.17, 15) is 13.2 Å². The molecule has 13 heavy (non-hydrogen) atoms. The highest BCUT2D eigenvalue weighted by atomic mass is 19.4. The lowest BCUT2D eigenvalue weighted by Gasteiger charge is -2.05. The molecule has 0 spiro atoms. The second-order valence-corrected chi connectivity index (χ2v) is 2.60. The van der Waals surface area contributed by atoms with Crippen molar-refractivity contribution in [1.82, 2.24) is 9.97 Å². The van der Waals surface area contributed by atoms with E-state index in [2.05, 4.69) is 9.97 Å². The zero-order valence-corrected chi connectivity index (χ0v) is 6.39. The van der Waals surface area contributed by atoms with Gasteiger partial charge in [0.2, 0.25) is 0 Å². The summed E-state index contributed by atoms with van der Waals surface area (Å²) in [5.74, 6) is 0. The summed E-state index contributed by atoms with van der Waals surface area (Å²) in [6.07, 6.45) is -1.79. The van der Waals surface area contributed by atoms with Crippen LogP contribution in [0.2, 0.25) is 0 Å². The van der Waals surface area contributed by atoms with E-state index in [1.54, 1.807) is 0 Å². The Morgan fingerprint density at radius 2 is 2.00 bits per heavy atom. The summed E-state index contributed by atoms with van der Waals surface area (Å²) in [5.41, 5.74) is -0.395. The van der Waals surface area contributed by atoms with Crippen molar-refractivity contribution < 1.29 is 13.2 Å². The topological polar surface area (TPSA) is 28.7 Å². The molecule has 2 aromatic rings. The first-order valence-corrected chi connectivity index (χ1v) is 3.58. The lowest BCUT2D eigenvalue weighted by molar-refractivity contribution is -0.139. The van der Waals surface area contributed by atoms with Crippen LogP contribution in [-0.4, -0.2) is 9.97 Å². The van der Waals surface area contributed by atoms with Gasteiger partial charge in [0, 0.05) is 23.3 Å². The highest BCUT2D eigenvalue weighted by Crippen LogP contribution is 2.32. The van der Waals surface area contributed by atoms with E-state index in [1.807, 2.05) is 0 Å². The number of H-pyrrole nitrogens is 1. The van der Waals surface area contributed by atoms with Crippen LogP contribution < -0.4 is 0 Å². The average molecular weight is 186 g/mol. The Bertz CT molecular complexity index is 430. The van der Waals surface area contributed by atoms with Gasteiger partial charge < -0.3 is 4.98 Å². The molecule has 0 saturated heterocycles. The molecule has 0 radical (unpaired) electrons. The Morgan fingerprint density at radius 3 is 2.69 bits per heavy atom. The number of pyridine rings is 1. The molecule has 1 N–H and O–H groups in total. The average Bonchev–Trinajstić information content (AvgIpc) is 2.48. The van der Waals surface area contributed by atoms with Gasteiger partial charge in [-0.1, -0.05) is 0 Å². The van der Waals surface area contributed by atoms with Crippen molar-refractivity contribution in [2.24, 2.45) is 0 Å². The molecule has 2 rings (SSSR count). The van der Waals surface area contributed by atoms with Gasteiger partial charge in [-0.25, -0.2) is 0 Å². The van der Waals surface area contributed by atoms with Gasteiger partial charge in [0.25, 0.3) is 0 Å². The number of aromatic nitrogens is 2. The van der Waals surface area contributed by atoms with E-state index in [0.717, 1.165) is 6.20 Å². The van der Waals surface area contributed by atoms with Gasteiger partial charge in [-0.2, -0.15) is 13.2 Å². The minimum Gasteiger partial charge on any atom is -0.361 e. The molecule has 0 fully saturated rings. The largest absolute Gasteiger partial charge is 0.434 e. The van der Waals surface area contributed by atoms with Crippen LogP contribution in [0, 0.1) is 0 Å². The molecule has 0 aliphatic rings. The Kier molecular flexibility index (Phi) is 1.55. The molecule has 0 aliphatic carbocycles. The molecule has 0 bridgehead atoms. The van der Waals surface area contributed by atoms with Crippen LogP contribution in [0.4, 0.5) is 13.2 Å². The van der Waals surface area contributed by atoms with E-state index in [1.165, 1.54) is 18.3 Å². The molecular formula is C8H5F3N2. The van der Waals surface area contributed by atoms with Gasteiger partial charge in [-0.3, -0.25) is 4.98 Å². The predicted molar refractivity (Wildman–Crippen MR) is 41.1 cm³/mol. The fourth-order valence-corrected chi connectivity index (χ4v) is 1.21. The molecule has 2 heterocycles. The first kappa shape index (κ1) is 8.10. The maximum atomic E-state index is 12.3. The quantitative estimate of drug-likeness (QED) is 0.673. The second-order valence-electron chi connectivity index (χ2n) is 2.60. The summed E-state index contributed by atoms with van der Waals surface area (Å²) < 4.78 is 37.0. The number of nitrogens with zero attached hydrogens (tertiary/aromatic N) is 1. The number of alkyl halides is 3. The van der Waals surface area contributed by atoms with Crippen LogP contribution in [0.1, 0.15) is 5.69 Å². The van der Waals surface area contributed by atoms with Crippen LogP contribution in [0.5, 0.6) is 0 Å². The third-order valence-corrected chi connectivity index (χ3v) is 1.75. The summed E-state index contributed by atoms with van der Waals surface area (Å²) in [5, 5.41) is 0.106. The van der Waals surface area contributed by atoms with Crippen LogP contribution >= 0.6 is 0 Å². The van der Waals surface area contributed by atoms with Crippen molar-refractivity contribution in [3.63, 3.8) is 0 Å². The van der Waals surface area contributed by atoms with Gasteiger partial charge in [0.05, 0.1) is 0 Å². The smallest absolute Gasteiger partial charge is 0.361 e. The molecule has 0 atom stereocenters. The van der Waals surface area contributed by atoms with Gasteiger partial charge in [0.1, 0.15) is 0 Å². The molecule has 68 valence electrons. The Labute approximate surface area is 71.4 Å². The zero-order valence-electron chi connectivity index (χ0n) is 6.39. The third kappa shape index (κ3) is 1.26. The molecular weight excluding hydrogens is 181 g/mol. The number of hydrogen-bond donors (Lipinski definition) is 1. The molecule has 0 unspecified atom stereocenters. The third-order valence-electron chi connectivity index (χ3n) is 1.75. The molecule has 2 nitrogen and oxygen atoms in total. The summed E-state index contributed by atoms with van der Waals surface area (Å²) in [6, 6.07) is 2.87. The number of rotatable bonds is 0. The van der Waals surface area contributed by atoms with Crippen molar-refractivity contribution >= 4 is 10.9 Å². The molecule has 2 aromatic heterocycles. The van der Waals surface area contributed by atoms with Crippen molar-refractivity contribution in [3.8, 4) is 0 Å². The Balaban J connectivity index is 2.75. The van der Waals surface area contributed by atoms with E-state index in [4.69, 9.17) is 0 Å². The molecule has 0 aromatic carbocycles. The Hall–Kier alpha value is -1.52. The molecule has 0 saturated carbocycles. The lowest BCUT2D eigenvalue weighted by atomic mass is 10.2. The predicted octanol–water partition coefficient (Wildman–Crippen LogP) is 2.58. The second kappa shape index (κ2) is 2.48. The van der Waals surface area contributed by atoms with E-state index in [0.29, 0.717) is 5.52 Å². The van der Waals surface area contributed by atoms with Crippen LogP contribution in [0.25, 0.3) is 10.9 Å². The molecule has 0 amide bonds. The highest BCUT2D eigenvalue weighted by Gasteiger charge is 2.34. The number of halogens is 3. The van der Waals surface area contributed by atoms with Gasteiger partial charge in [-0.15, -0.1) is 0 Å². The fourth-order valence-electron chi connectivity index (χ4n) is 1.21. The van der Waals surface area contributed by atoms with E-state index in [-0.39, 0.29) is 5.39 Å². The maximum Gasteiger partial charge on any atom is 0.434 e. The van der Waals surface area contributed by atoms with Crippen molar-refractivity contribution in [2.75, 3.05) is 0 Å². The summed E-state index contributed by atoms with van der Waals surface area (Å²) >= 11 is 0. The highest BCUT2D eigenvalue weighted by molar-refractivity contribution is 5.81. The van der Waals surface area contributed by atoms with Crippen molar-refractivity contribution in [3.05, 3.63) is 30.2 Å². The monoisotopic (exact) mass is 186 g/mol. The minimum atomic E-state index is -4.39. The number of hydrogen-bond acceptors (Lipinski definition) is 1. The van der Waals surface area contributed by atoms with Crippen LogP contribution in [0.3, 0.4) is 0 Å². The first-order chi connectivity index (χ1) is 6.09. The molecule has 5 heteroatoms. The number of fused-ring (bicyclic) bond motifs is 1. The van der Waals surface area contributed by atoms with Crippen LogP contribution in [0.15, 0.2) is 24.5 Å². The fraction of sp³-hybridized carbons (Fsp3) is 0.125. The van der Waals surface area contributed by atoms with E-state index >= 15 is 0 Å². The van der Waals surface area contributed by atoms with Gasteiger partial charge in [-0.05, 0) is 12.1 Å². The minimum absolute atomic E-state index is 0.106. The summed E-state index contributed by atoms with van der Waals surface area (Å²) in [6.45, 7) is 0. The number of aromatic amines is 1. The van der Waals surface area contributed by atoms with Crippen molar-refractivity contribution in [1.29, 1.82) is 0 Å². The SMILES string of the molecule is FC(F)(F)c1nccc2[nH]ccc12. The normalized spacial score (nSPS) is 12.2. The molecule has 0 aliphatic heterocycles. The van der Waals surface area contributed by atoms with Gasteiger partial charge >= 0.3 is 6.18 Å². The Morgan fingerprint density at radius 1 is 1.23 bits per heavy atom. The zero-order chi connectivity index (χ0) is 9.47. The first-order valence-electron chi connectivity index (χ1n) is 3.58. The maximum absolute atomic E-state index is 12.3. The van der Waals surface area contributed by atoms with Gasteiger partial charge in [0.15, 0.2) is 5.69 Å². The summed E-state index contributed by atoms with van der Waals surface area (Å²) in [7, 11) is 0. The lowest BCUT2D eigenvalue weighted by Crippen LogP contribution is -2.07. The number of nitrogens with one attached hydrogen (secondary N) is 1.